The lowest BCUT2D eigenvalue weighted by atomic mass is 9.96. The van der Waals surface area contributed by atoms with Gasteiger partial charge in [-0.1, -0.05) is 6.92 Å². The van der Waals surface area contributed by atoms with E-state index >= 15 is 0 Å². The lowest BCUT2D eigenvalue weighted by Crippen LogP contribution is -2.44. The molecule has 0 spiro atoms. The van der Waals surface area contributed by atoms with Gasteiger partial charge in [0.2, 0.25) is 0 Å². The Kier molecular flexibility index (Phi) is 3.52. The number of amides is 1. The third kappa shape index (κ3) is 2.46. The first-order chi connectivity index (χ1) is 8.49. The van der Waals surface area contributed by atoms with Crippen LogP contribution in [0.1, 0.15) is 23.7 Å². The quantitative estimate of drug-likeness (QED) is 0.739. The maximum absolute atomic E-state index is 13.0. The highest BCUT2D eigenvalue weighted by molar-refractivity contribution is 5.95. The molecule has 2 unspecified atom stereocenters. The summed E-state index contributed by atoms with van der Waals surface area (Å²) in [5.74, 6) is -0.630. The van der Waals surface area contributed by atoms with Gasteiger partial charge in [-0.25, -0.2) is 4.39 Å². The normalized spacial score (nSPS) is 24.1. The number of nitrogens with two attached hydrogens (primary N) is 1. The van der Waals surface area contributed by atoms with Gasteiger partial charge in [0.25, 0.3) is 5.91 Å². The molecule has 18 heavy (non-hydrogen) atoms. The Labute approximate surface area is 105 Å². The number of benzene rings is 1. The van der Waals surface area contributed by atoms with Crippen molar-refractivity contribution in [1.82, 2.24) is 4.90 Å². The molecule has 0 saturated carbocycles. The van der Waals surface area contributed by atoms with E-state index in [1.807, 2.05) is 6.92 Å². The van der Waals surface area contributed by atoms with Crippen LogP contribution in [-0.2, 0) is 0 Å². The van der Waals surface area contributed by atoms with Crippen LogP contribution in [-0.4, -0.2) is 35.1 Å². The smallest absolute Gasteiger partial charge is 0.253 e. The number of aliphatic hydroxyl groups excluding tert-OH is 1. The van der Waals surface area contributed by atoms with Crippen molar-refractivity contribution < 1.29 is 14.3 Å². The van der Waals surface area contributed by atoms with Crippen LogP contribution in [0.3, 0.4) is 0 Å². The molecule has 1 aromatic carbocycles. The Hall–Kier alpha value is -1.62. The van der Waals surface area contributed by atoms with Crippen LogP contribution < -0.4 is 5.73 Å². The van der Waals surface area contributed by atoms with Crippen LogP contribution in [0.4, 0.5) is 10.1 Å². The summed E-state index contributed by atoms with van der Waals surface area (Å²) in [6.45, 7) is 2.93. The Morgan fingerprint density at radius 2 is 2.28 bits per heavy atom. The second kappa shape index (κ2) is 4.94. The number of likely N-dealkylation sites (tertiary alicyclic amines) is 1. The van der Waals surface area contributed by atoms with E-state index in [0.717, 1.165) is 0 Å². The van der Waals surface area contributed by atoms with E-state index < -0.39 is 5.82 Å². The maximum Gasteiger partial charge on any atom is 0.253 e. The zero-order valence-corrected chi connectivity index (χ0v) is 10.3. The second-order valence-corrected chi connectivity index (χ2v) is 4.82. The minimum absolute atomic E-state index is 0.0223. The minimum Gasteiger partial charge on any atom is -0.396 e. The predicted octanol–water partition coefficient (Wildman–Crippen LogP) is 1.25. The number of hydrogen-bond acceptors (Lipinski definition) is 3. The zero-order valence-electron chi connectivity index (χ0n) is 10.3. The van der Waals surface area contributed by atoms with Crippen molar-refractivity contribution in [3.63, 3.8) is 0 Å². The van der Waals surface area contributed by atoms with Gasteiger partial charge in [0.1, 0.15) is 5.82 Å². The fourth-order valence-electron chi connectivity index (χ4n) is 2.18. The van der Waals surface area contributed by atoms with Gasteiger partial charge in [0.15, 0.2) is 0 Å². The molecule has 3 N–H and O–H groups in total. The largest absolute Gasteiger partial charge is 0.396 e. The third-order valence-corrected chi connectivity index (χ3v) is 3.39. The molecule has 2 rings (SSSR count). The Morgan fingerprint density at radius 3 is 2.89 bits per heavy atom. The van der Waals surface area contributed by atoms with Gasteiger partial charge in [-0.05, 0) is 30.5 Å². The number of aliphatic hydroxyl groups is 1. The van der Waals surface area contributed by atoms with E-state index in [1.54, 1.807) is 4.90 Å². The molecule has 1 fully saturated rings. The van der Waals surface area contributed by atoms with Gasteiger partial charge in [-0.3, -0.25) is 4.79 Å². The number of anilines is 1. The topological polar surface area (TPSA) is 66.6 Å². The van der Waals surface area contributed by atoms with Gasteiger partial charge in [0.05, 0.1) is 11.8 Å². The highest BCUT2D eigenvalue weighted by atomic mass is 19.1. The van der Waals surface area contributed by atoms with Crippen molar-refractivity contribution in [2.45, 2.75) is 19.4 Å². The number of nitrogens with zero attached hydrogens (tertiary/aromatic N) is 1. The van der Waals surface area contributed by atoms with Gasteiger partial charge < -0.3 is 15.7 Å². The Morgan fingerprint density at radius 1 is 1.56 bits per heavy atom. The average molecular weight is 252 g/mol. The summed E-state index contributed by atoms with van der Waals surface area (Å²) in [4.78, 5) is 13.9. The molecule has 1 aliphatic heterocycles. The van der Waals surface area contributed by atoms with Crippen LogP contribution in [0, 0.1) is 11.7 Å². The highest BCUT2D eigenvalue weighted by Gasteiger charge is 2.27. The molecule has 0 aliphatic carbocycles. The molecule has 0 aromatic heterocycles. The first kappa shape index (κ1) is 12.8. The number of hydrogen-bond donors (Lipinski definition) is 2. The number of halogens is 1. The number of piperidine rings is 1. The number of rotatable bonds is 1. The van der Waals surface area contributed by atoms with E-state index in [0.29, 0.717) is 25.1 Å². The average Bonchev–Trinajstić information content (AvgIpc) is 2.35. The summed E-state index contributed by atoms with van der Waals surface area (Å²) in [7, 11) is 0. The molecule has 98 valence electrons. The first-order valence-electron chi connectivity index (χ1n) is 6.01. The van der Waals surface area contributed by atoms with Gasteiger partial charge in [-0.15, -0.1) is 0 Å². The fraction of sp³-hybridized carbons (Fsp3) is 0.462. The summed E-state index contributed by atoms with van der Waals surface area (Å²) in [6.07, 6.45) is 0.219. The highest BCUT2D eigenvalue weighted by Crippen LogP contribution is 2.20. The zero-order chi connectivity index (χ0) is 13.3. The van der Waals surface area contributed by atoms with Crippen molar-refractivity contribution >= 4 is 11.6 Å². The molecule has 1 aliphatic rings. The van der Waals surface area contributed by atoms with Crippen LogP contribution in [0.25, 0.3) is 0 Å². The van der Waals surface area contributed by atoms with E-state index in [9.17, 15) is 14.3 Å². The molecule has 1 amide bonds. The lowest BCUT2D eigenvalue weighted by molar-refractivity contribution is 0.0297. The molecule has 1 aromatic rings. The van der Waals surface area contributed by atoms with Crippen molar-refractivity contribution in [3.05, 3.63) is 29.6 Å². The van der Waals surface area contributed by atoms with E-state index in [1.165, 1.54) is 18.2 Å². The van der Waals surface area contributed by atoms with Crippen LogP contribution in [0.2, 0.25) is 0 Å². The van der Waals surface area contributed by atoms with Gasteiger partial charge in [0, 0.05) is 18.7 Å². The standard InChI is InChI=1S/C13H17FN2O2/c1-8-7-16(5-4-12(8)17)13(18)9-2-3-10(14)11(15)6-9/h2-3,6,8,12,17H,4-5,7,15H2,1H3. The molecular formula is C13H17FN2O2. The molecule has 5 heteroatoms. The fourth-order valence-corrected chi connectivity index (χ4v) is 2.18. The predicted molar refractivity (Wildman–Crippen MR) is 66.5 cm³/mol. The molecule has 4 nitrogen and oxygen atoms in total. The second-order valence-electron chi connectivity index (χ2n) is 4.82. The molecule has 0 bridgehead atoms. The van der Waals surface area contributed by atoms with Crippen molar-refractivity contribution in [2.24, 2.45) is 5.92 Å². The monoisotopic (exact) mass is 252 g/mol. The van der Waals surface area contributed by atoms with Gasteiger partial charge in [-0.2, -0.15) is 0 Å². The summed E-state index contributed by atoms with van der Waals surface area (Å²) >= 11 is 0. The van der Waals surface area contributed by atoms with Crippen LogP contribution >= 0.6 is 0 Å². The van der Waals surface area contributed by atoms with Crippen molar-refractivity contribution in [3.8, 4) is 0 Å². The van der Waals surface area contributed by atoms with E-state index in [4.69, 9.17) is 5.73 Å². The Bertz CT molecular complexity index is 464. The summed E-state index contributed by atoms with van der Waals surface area (Å²) in [5, 5.41) is 9.62. The number of nitrogen functional groups attached to an aromatic ring is 1. The number of carbonyl (C=O) groups is 1. The van der Waals surface area contributed by atoms with Crippen molar-refractivity contribution in [2.75, 3.05) is 18.8 Å². The van der Waals surface area contributed by atoms with E-state index in [2.05, 4.69) is 0 Å². The SMILES string of the molecule is CC1CN(C(=O)c2ccc(F)c(N)c2)CCC1O. The Balaban J connectivity index is 2.14. The van der Waals surface area contributed by atoms with Crippen molar-refractivity contribution in [1.29, 1.82) is 0 Å². The van der Waals surface area contributed by atoms with Crippen LogP contribution in [0.15, 0.2) is 18.2 Å². The molecule has 0 radical (unpaired) electrons. The minimum atomic E-state index is -0.519. The summed E-state index contributed by atoms with van der Waals surface area (Å²) in [6, 6.07) is 3.99. The van der Waals surface area contributed by atoms with Crippen LogP contribution in [0.5, 0.6) is 0 Å². The third-order valence-electron chi connectivity index (χ3n) is 3.39. The molecule has 1 saturated heterocycles. The lowest BCUT2D eigenvalue weighted by Gasteiger charge is -2.34. The van der Waals surface area contributed by atoms with Gasteiger partial charge >= 0.3 is 0 Å². The maximum atomic E-state index is 13.0. The number of carbonyl (C=O) groups excluding carboxylic acids is 1. The molecular weight excluding hydrogens is 235 g/mol. The van der Waals surface area contributed by atoms with E-state index in [-0.39, 0.29) is 23.6 Å². The first-order valence-corrected chi connectivity index (χ1v) is 6.01. The molecule has 2 atom stereocenters. The summed E-state index contributed by atoms with van der Waals surface area (Å²) < 4.78 is 13.0. The molecule has 1 heterocycles. The summed E-state index contributed by atoms with van der Waals surface area (Å²) in [5.41, 5.74) is 5.82.